The van der Waals surface area contributed by atoms with E-state index in [2.05, 4.69) is 5.32 Å². The Bertz CT molecular complexity index is 347. The molecular formula is C12H15F2N. The van der Waals surface area contributed by atoms with Gasteiger partial charge in [0.2, 0.25) is 0 Å². The summed E-state index contributed by atoms with van der Waals surface area (Å²) in [7, 11) is 0. The van der Waals surface area contributed by atoms with Crippen LogP contribution in [0.3, 0.4) is 0 Å². The lowest BCUT2D eigenvalue weighted by atomic mass is 10.0. The zero-order valence-corrected chi connectivity index (χ0v) is 8.76. The van der Waals surface area contributed by atoms with E-state index in [9.17, 15) is 8.78 Å². The predicted octanol–water partition coefficient (Wildman–Crippen LogP) is 2.82. The van der Waals surface area contributed by atoms with Crippen molar-refractivity contribution in [3.63, 3.8) is 0 Å². The molecule has 15 heavy (non-hydrogen) atoms. The van der Waals surface area contributed by atoms with Gasteiger partial charge in [-0.25, -0.2) is 8.78 Å². The van der Waals surface area contributed by atoms with E-state index >= 15 is 0 Å². The van der Waals surface area contributed by atoms with Gasteiger partial charge in [-0.15, -0.1) is 0 Å². The van der Waals surface area contributed by atoms with Gasteiger partial charge >= 0.3 is 0 Å². The Morgan fingerprint density at radius 3 is 2.67 bits per heavy atom. The summed E-state index contributed by atoms with van der Waals surface area (Å²) < 4.78 is 25.7. The topological polar surface area (TPSA) is 12.0 Å². The van der Waals surface area contributed by atoms with Crippen molar-refractivity contribution in [3.05, 3.63) is 35.4 Å². The van der Waals surface area contributed by atoms with Crippen LogP contribution in [0.1, 0.15) is 31.2 Å². The van der Waals surface area contributed by atoms with Gasteiger partial charge in [-0.1, -0.05) is 13.0 Å². The minimum atomic E-state index is -0.777. The Morgan fingerprint density at radius 2 is 2.07 bits per heavy atom. The molecule has 3 heteroatoms. The molecule has 1 aliphatic carbocycles. The van der Waals surface area contributed by atoms with Gasteiger partial charge in [0.15, 0.2) is 11.6 Å². The lowest BCUT2D eigenvalue weighted by Gasteiger charge is -2.12. The quantitative estimate of drug-likeness (QED) is 0.807. The summed E-state index contributed by atoms with van der Waals surface area (Å²) in [6.07, 6.45) is 2.48. The summed E-state index contributed by atoms with van der Waals surface area (Å²) in [5.41, 5.74) is 0.849. The number of nitrogens with one attached hydrogen (secondary N) is 1. The molecule has 1 aliphatic rings. The number of hydrogen-bond donors (Lipinski definition) is 1. The Balaban J connectivity index is 1.97. The minimum Gasteiger partial charge on any atom is -0.313 e. The highest BCUT2D eigenvalue weighted by Gasteiger charge is 2.21. The van der Waals surface area contributed by atoms with E-state index in [1.54, 1.807) is 6.07 Å². The predicted molar refractivity (Wildman–Crippen MR) is 55.8 cm³/mol. The fourth-order valence-corrected chi connectivity index (χ4v) is 1.57. The van der Waals surface area contributed by atoms with Crippen molar-refractivity contribution in [2.45, 2.75) is 31.7 Å². The van der Waals surface area contributed by atoms with Gasteiger partial charge in [0.25, 0.3) is 0 Å². The van der Waals surface area contributed by atoms with Crippen molar-refractivity contribution in [3.8, 4) is 0 Å². The molecule has 82 valence electrons. The van der Waals surface area contributed by atoms with E-state index in [0.717, 1.165) is 12.1 Å². The second-order valence-corrected chi connectivity index (χ2v) is 4.26. The number of halogens is 2. The van der Waals surface area contributed by atoms with Crippen molar-refractivity contribution < 1.29 is 8.78 Å². The van der Waals surface area contributed by atoms with Gasteiger partial charge < -0.3 is 5.32 Å². The second kappa shape index (κ2) is 4.27. The van der Waals surface area contributed by atoms with E-state index in [-0.39, 0.29) is 5.92 Å². The maximum atomic E-state index is 13.0. The standard InChI is InChI=1S/C12H15F2N/c1-8(7-15-10-3-4-10)9-2-5-11(13)12(14)6-9/h2,5-6,8,10,15H,3-4,7H2,1H3. The molecule has 0 bridgehead atoms. The van der Waals surface area contributed by atoms with Crippen molar-refractivity contribution in [2.24, 2.45) is 0 Å². The first kappa shape index (κ1) is 10.6. The van der Waals surface area contributed by atoms with Crippen molar-refractivity contribution in [1.29, 1.82) is 0 Å². The molecule has 1 saturated carbocycles. The van der Waals surface area contributed by atoms with Crippen LogP contribution in [0.4, 0.5) is 8.78 Å². The van der Waals surface area contributed by atoms with Crippen molar-refractivity contribution >= 4 is 0 Å². The van der Waals surface area contributed by atoms with Gasteiger partial charge in [0.1, 0.15) is 0 Å². The third-order valence-corrected chi connectivity index (χ3v) is 2.80. The normalized spacial score (nSPS) is 17.8. The highest BCUT2D eigenvalue weighted by atomic mass is 19.2. The van der Waals surface area contributed by atoms with E-state index in [0.29, 0.717) is 6.04 Å². The Morgan fingerprint density at radius 1 is 1.33 bits per heavy atom. The zero-order chi connectivity index (χ0) is 10.8. The summed E-state index contributed by atoms with van der Waals surface area (Å²) in [6.45, 7) is 2.85. The SMILES string of the molecule is CC(CNC1CC1)c1ccc(F)c(F)c1. The molecular weight excluding hydrogens is 196 g/mol. The molecule has 0 heterocycles. The first-order valence-corrected chi connectivity index (χ1v) is 5.35. The van der Waals surface area contributed by atoms with E-state index in [1.807, 2.05) is 6.92 Å². The van der Waals surface area contributed by atoms with Crippen LogP contribution in [0.2, 0.25) is 0 Å². The van der Waals surface area contributed by atoms with Gasteiger partial charge in [-0.05, 0) is 36.5 Å². The lowest BCUT2D eigenvalue weighted by molar-refractivity contribution is 0.504. The summed E-state index contributed by atoms with van der Waals surface area (Å²) in [6, 6.07) is 4.78. The molecule has 0 amide bonds. The molecule has 1 atom stereocenters. The number of rotatable bonds is 4. The first-order valence-electron chi connectivity index (χ1n) is 5.35. The number of benzene rings is 1. The molecule has 0 spiro atoms. The molecule has 0 aromatic heterocycles. The summed E-state index contributed by atoms with van der Waals surface area (Å²) in [4.78, 5) is 0. The lowest BCUT2D eigenvalue weighted by Crippen LogP contribution is -2.22. The maximum Gasteiger partial charge on any atom is 0.159 e. The van der Waals surface area contributed by atoms with Crippen LogP contribution >= 0.6 is 0 Å². The molecule has 0 aliphatic heterocycles. The van der Waals surface area contributed by atoms with Crippen LogP contribution in [-0.2, 0) is 0 Å². The molecule has 0 saturated heterocycles. The van der Waals surface area contributed by atoms with Crippen LogP contribution in [0.5, 0.6) is 0 Å². The summed E-state index contributed by atoms with van der Waals surface area (Å²) in [5, 5.41) is 3.37. The van der Waals surface area contributed by atoms with E-state index < -0.39 is 11.6 Å². The minimum absolute atomic E-state index is 0.223. The van der Waals surface area contributed by atoms with E-state index in [1.165, 1.54) is 25.0 Å². The van der Waals surface area contributed by atoms with Crippen LogP contribution in [0.15, 0.2) is 18.2 Å². The van der Waals surface area contributed by atoms with Crippen molar-refractivity contribution in [2.75, 3.05) is 6.54 Å². The van der Waals surface area contributed by atoms with E-state index in [4.69, 9.17) is 0 Å². The molecule has 2 rings (SSSR count). The van der Waals surface area contributed by atoms with Crippen LogP contribution in [0, 0.1) is 11.6 Å². The molecule has 1 N–H and O–H groups in total. The molecule has 1 nitrogen and oxygen atoms in total. The smallest absolute Gasteiger partial charge is 0.159 e. The highest BCUT2D eigenvalue weighted by molar-refractivity contribution is 5.21. The van der Waals surface area contributed by atoms with Gasteiger partial charge in [0.05, 0.1) is 0 Å². The maximum absolute atomic E-state index is 13.0. The number of hydrogen-bond acceptors (Lipinski definition) is 1. The fraction of sp³-hybridized carbons (Fsp3) is 0.500. The molecule has 1 aromatic carbocycles. The highest BCUT2D eigenvalue weighted by Crippen LogP contribution is 2.21. The van der Waals surface area contributed by atoms with Gasteiger partial charge in [0, 0.05) is 12.6 Å². The average molecular weight is 211 g/mol. The Hall–Kier alpha value is -0.960. The summed E-state index contributed by atoms with van der Waals surface area (Å²) in [5.74, 6) is -1.31. The molecule has 1 fully saturated rings. The Labute approximate surface area is 88.5 Å². The van der Waals surface area contributed by atoms with Gasteiger partial charge in [-0.3, -0.25) is 0 Å². The van der Waals surface area contributed by atoms with Crippen molar-refractivity contribution in [1.82, 2.24) is 5.32 Å². The third-order valence-electron chi connectivity index (χ3n) is 2.80. The zero-order valence-electron chi connectivity index (χ0n) is 8.76. The average Bonchev–Trinajstić information content (AvgIpc) is 3.02. The first-order chi connectivity index (χ1) is 7.16. The molecule has 0 radical (unpaired) electrons. The molecule has 1 unspecified atom stereocenters. The summed E-state index contributed by atoms with van der Waals surface area (Å²) >= 11 is 0. The van der Waals surface area contributed by atoms with Crippen LogP contribution in [0.25, 0.3) is 0 Å². The van der Waals surface area contributed by atoms with Gasteiger partial charge in [-0.2, -0.15) is 0 Å². The third kappa shape index (κ3) is 2.75. The molecule has 1 aromatic rings. The van der Waals surface area contributed by atoms with Crippen LogP contribution in [-0.4, -0.2) is 12.6 Å². The Kier molecular flexibility index (Phi) is 3.00. The monoisotopic (exact) mass is 211 g/mol. The van der Waals surface area contributed by atoms with Crippen LogP contribution < -0.4 is 5.32 Å². The fourth-order valence-electron chi connectivity index (χ4n) is 1.57. The second-order valence-electron chi connectivity index (χ2n) is 4.26. The largest absolute Gasteiger partial charge is 0.313 e.